The summed E-state index contributed by atoms with van der Waals surface area (Å²) < 4.78 is 18.8. The highest BCUT2D eigenvalue weighted by Crippen LogP contribution is 2.50. The molecule has 0 fully saturated rings. The van der Waals surface area contributed by atoms with Gasteiger partial charge in [0.2, 0.25) is 53.0 Å². The van der Waals surface area contributed by atoms with Crippen molar-refractivity contribution in [1.82, 2.24) is 47.0 Å². The average Bonchev–Trinajstić information content (AvgIpc) is 0.754. The maximum absolute atomic E-state index is 16.3. The first-order valence-electron chi connectivity index (χ1n) is 37.1. The van der Waals surface area contributed by atoms with Crippen molar-refractivity contribution < 1.29 is 88.3 Å². The number of halogens is 2. The molecule has 0 aromatic heterocycles. The summed E-state index contributed by atoms with van der Waals surface area (Å²) in [5.74, 6) is -14.6. The number of hydrogen-bond donors (Lipinski definition) is 17. The zero-order valence-electron chi connectivity index (χ0n) is 61.8. The van der Waals surface area contributed by atoms with Crippen molar-refractivity contribution in [2.45, 2.75) is 151 Å². The number of amides is 8. The van der Waals surface area contributed by atoms with Crippen LogP contribution in [0.1, 0.15) is 165 Å². The molecule has 0 spiro atoms. The number of nitrogens with one attached hydrogen (secondary N) is 7. The second-order valence-electron chi connectivity index (χ2n) is 28.6. The van der Waals surface area contributed by atoms with E-state index in [0.717, 1.165) is 81.0 Å². The van der Waals surface area contributed by atoms with E-state index < -0.39 is 165 Å². The van der Waals surface area contributed by atoms with Gasteiger partial charge in [0.15, 0.2) is 23.0 Å². The minimum Gasteiger partial charge on any atom is -0.508 e. The Morgan fingerprint density at radius 1 is 0.562 bits per heavy atom. The highest BCUT2D eigenvalue weighted by molar-refractivity contribution is 6.32. The maximum Gasteiger partial charge on any atom is 0.248 e. The number of fused-ring (bicyclic) bond motifs is 14. The lowest BCUT2D eigenvalue weighted by Gasteiger charge is -2.32. The van der Waals surface area contributed by atoms with Gasteiger partial charge in [-0.15, -0.1) is 0 Å². The maximum atomic E-state index is 16.3. The lowest BCUT2D eigenvalue weighted by molar-refractivity contribution is -0.137. The van der Waals surface area contributed by atoms with Gasteiger partial charge in [-0.3, -0.25) is 38.4 Å². The zero-order chi connectivity index (χ0) is 80.4. The Labute approximate surface area is 655 Å². The van der Waals surface area contributed by atoms with Crippen molar-refractivity contribution in [3.63, 3.8) is 0 Å². The fourth-order valence-electron chi connectivity index (χ4n) is 13.9. The van der Waals surface area contributed by atoms with Crippen molar-refractivity contribution >= 4 is 70.5 Å². The number of hydrogen-bond acceptors (Lipinski definition) is 22. The Hall–Kier alpha value is -11.1. The second kappa shape index (κ2) is 36.4. The Morgan fingerprint density at radius 3 is 1.84 bits per heavy atom. The monoisotopic (exact) mass is 1580 g/mol. The fourth-order valence-corrected chi connectivity index (χ4v) is 14.4. The van der Waals surface area contributed by atoms with Gasteiger partial charge in [-0.1, -0.05) is 106 Å². The smallest absolute Gasteiger partial charge is 0.248 e. The second-order valence-corrected chi connectivity index (χ2v) is 29.4. The van der Waals surface area contributed by atoms with Gasteiger partial charge in [0.05, 0.1) is 28.2 Å². The minimum absolute atomic E-state index is 0.00847. The molecule has 594 valence electrons. The van der Waals surface area contributed by atoms with Gasteiger partial charge in [0, 0.05) is 36.7 Å². The van der Waals surface area contributed by atoms with Gasteiger partial charge in [0.1, 0.15) is 88.6 Å². The number of aromatic hydroxyl groups is 6. The summed E-state index contributed by atoms with van der Waals surface area (Å²) in [5.41, 5.74) is 16.8. The normalized spacial score (nSPS) is 19.9. The number of nitrogens with zero attached hydrogens (tertiary/aromatic N) is 2. The summed E-state index contributed by atoms with van der Waals surface area (Å²) in [6.45, 7) is 2.54. The van der Waals surface area contributed by atoms with E-state index in [0.29, 0.717) is 50.8 Å². The molecule has 30 nitrogen and oxygen atoms in total. The van der Waals surface area contributed by atoms with E-state index in [4.69, 9.17) is 54.6 Å². The molecule has 6 aliphatic rings. The summed E-state index contributed by atoms with van der Waals surface area (Å²) >= 11 is 14.0. The molecule has 0 saturated carbocycles. The average molecular weight is 1580 g/mol. The van der Waals surface area contributed by atoms with Gasteiger partial charge in [-0.2, -0.15) is 0 Å². The number of phenols is 6. The highest BCUT2D eigenvalue weighted by Gasteiger charge is 2.42. The first-order chi connectivity index (χ1) is 53.6. The molecule has 0 aliphatic carbocycles. The molecular weight excluding hydrogens is 1490 g/mol. The third-order valence-electron chi connectivity index (χ3n) is 20.1. The van der Waals surface area contributed by atoms with Crippen LogP contribution in [0.15, 0.2) is 109 Å². The molecule has 6 aliphatic heterocycles. The van der Waals surface area contributed by atoms with E-state index >= 15 is 28.8 Å². The summed E-state index contributed by atoms with van der Waals surface area (Å²) in [5, 5.41) is 104. The van der Waals surface area contributed by atoms with Crippen LogP contribution in [0.4, 0.5) is 0 Å². The Bertz CT molecular complexity index is 4740. The molecule has 0 radical (unpaired) electrons. The van der Waals surface area contributed by atoms with Crippen LogP contribution in [0, 0.1) is 0 Å². The number of carbonyl (C=O) groups excluding carboxylic acids is 8. The van der Waals surface area contributed by atoms with Crippen LogP contribution in [0.25, 0.3) is 11.1 Å². The molecule has 7 aromatic carbocycles. The number of unbranched alkanes of at least 4 members (excludes halogenated alkanes) is 8. The number of benzene rings is 7. The number of rotatable bonds is 21. The summed E-state index contributed by atoms with van der Waals surface area (Å²) in [6.07, 6.45) is 6.45. The van der Waals surface area contributed by atoms with E-state index in [1.807, 2.05) is 19.0 Å². The largest absolute Gasteiger partial charge is 0.508 e. The SMILES string of the molecule is CCCCCCCCCCN(Cc1c(O)cc2c(c1O)-c1cc(ccc1O)[C@@H]1NC(=O)[C@H]3NC(=O)[C@H]4NC(=O)[C@H](Cc5ccc(c(Cl)c5)Oc5cc3cc(c5O)Oc3ccc(cc3Cl)C(O)[C@H](NC1=O)C(=O)N[C@@H]2C(=O)NCCCN(C)C)NC(=O)[C@H](N)c1ccc(O)c(c1)Oc1cc(O)cc4c1)C(=O)C(N)CCCCN. The van der Waals surface area contributed by atoms with Crippen LogP contribution in [-0.4, -0.2) is 151 Å². The quantitative estimate of drug-likeness (QED) is 0.0304. The lowest BCUT2D eigenvalue weighted by atomic mass is 9.87. The first kappa shape index (κ1) is 81.9. The Kier molecular flexibility index (Phi) is 26.6. The molecule has 6 heterocycles. The van der Waals surface area contributed by atoms with Gasteiger partial charge in [-0.25, -0.2) is 0 Å². The molecule has 8 amide bonds. The number of carbonyl (C=O) groups is 8. The first-order valence-corrected chi connectivity index (χ1v) is 37.8. The number of aliphatic hydroxyl groups excluding tert-OH is 1. The molecule has 17 bridgehead atoms. The molecule has 7 aromatic rings. The Balaban J connectivity index is 1.11. The molecule has 32 heteroatoms. The minimum atomic E-state index is -2.21. The van der Waals surface area contributed by atoms with Crippen LogP contribution in [0.3, 0.4) is 0 Å². The van der Waals surface area contributed by atoms with Gasteiger partial charge < -0.3 is 114 Å². The molecule has 112 heavy (non-hydrogen) atoms. The summed E-state index contributed by atoms with van der Waals surface area (Å²) in [7, 11) is 3.63. The summed E-state index contributed by atoms with van der Waals surface area (Å²) in [6, 6.07) is 6.98. The van der Waals surface area contributed by atoms with Crippen molar-refractivity contribution in [3.8, 4) is 80.1 Å². The summed E-state index contributed by atoms with van der Waals surface area (Å²) in [4.78, 5) is 126. The molecule has 13 rings (SSSR count). The lowest BCUT2D eigenvalue weighted by Crippen LogP contribution is -2.56. The highest BCUT2D eigenvalue weighted by atomic mass is 35.5. The number of aliphatic hydroxyl groups is 1. The fraction of sp³-hybridized carbons (Fsp3) is 0.375. The van der Waals surface area contributed by atoms with E-state index in [1.54, 1.807) is 0 Å². The van der Waals surface area contributed by atoms with Crippen LogP contribution in [0.2, 0.25) is 10.0 Å². The van der Waals surface area contributed by atoms with E-state index in [2.05, 4.69) is 44.1 Å². The number of phenolic OH excluding ortho intramolecular Hbond substituents is 6. The molecular formula is C80H92Cl2N12O18. The molecule has 9 atom stereocenters. The predicted octanol–water partition coefficient (Wildman–Crippen LogP) is 7.89. The van der Waals surface area contributed by atoms with Crippen molar-refractivity contribution in [2.24, 2.45) is 17.2 Å². The number of nitrogens with two attached hydrogens (primary N) is 3. The van der Waals surface area contributed by atoms with Gasteiger partial charge >= 0.3 is 0 Å². The van der Waals surface area contributed by atoms with Gasteiger partial charge in [-0.05, 0) is 171 Å². The molecule has 2 unspecified atom stereocenters. The third kappa shape index (κ3) is 19.1. The van der Waals surface area contributed by atoms with E-state index in [1.165, 1.54) is 71.6 Å². The predicted molar refractivity (Wildman–Crippen MR) is 412 cm³/mol. The van der Waals surface area contributed by atoms with Crippen molar-refractivity contribution in [1.29, 1.82) is 0 Å². The third-order valence-corrected chi connectivity index (χ3v) is 20.6. The van der Waals surface area contributed by atoms with E-state index in [9.17, 15) is 45.3 Å². The zero-order valence-corrected chi connectivity index (χ0v) is 63.3. The standard InChI is InChI=1S/C80H92Cl2N12O18/c1-4-5-6-7-8-9-10-13-27-94(80(109)53(84)15-11-12-24-83)39-50-57(98)38-49-63(71(50)100)48-32-42(18-20-55(48)96)65-76(105)92-69(79(108)91-68(49)75(104)86-25-14-26-93(2)3)70(99)43-19-23-59(52(82)33-43)112-62-36-45-35-61(72(62)101)111-58-22-16-40(28-51(58)81)29-54-73(102)88-66(77(106)90-67(45)78(107)89-65)44-30-46(95)37-47(31-44)110-60-34-41(17-21-56(60)97)64(85)74(103)87-54/h16-23,28,30-38,53-54,64-70,95-101H,4-15,24-27,29,39,83-85H2,1-3H3,(H,86,104)(H,87,103)(H,88,102)(H,89,107)(H,90,106)(H,91,108)(H,92,105)/t53?,54-,64+,65-,66-,67-,68-,69-,70?/m0/s1. The van der Waals surface area contributed by atoms with Crippen LogP contribution in [0.5, 0.6) is 69.0 Å². The van der Waals surface area contributed by atoms with Crippen LogP contribution >= 0.6 is 23.2 Å². The van der Waals surface area contributed by atoms with Crippen LogP contribution in [-0.2, 0) is 51.3 Å². The van der Waals surface area contributed by atoms with Crippen molar-refractivity contribution in [2.75, 3.05) is 40.3 Å². The van der Waals surface area contributed by atoms with Crippen molar-refractivity contribution in [3.05, 3.63) is 164 Å². The molecule has 0 saturated heterocycles. The molecule has 20 N–H and O–H groups in total. The Morgan fingerprint density at radius 2 is 1.17 bits per heavy atom. The van der Waals surface area contributed by atoms with E-state index in [-0.39, 0.29) is 97.9 Å². The van der Waals surface area contributed by atoms with Crippen LogP contribution < -0.4 is 68.6 Å². The number of ether oxygens (including phenoxy) is 3. The van der Waals surface area contributed by atoms with Gasteiger partial charge in [0.25, 0.3) is 0 Å². The topological polar surface area (TPSA) is 475 Å².